The third kappa shape index (κ3) is 4.54. The summed E-state index contributed by atoms with van der Waals surface area (Å²) in [7, 11) is 1.42. The maximum Gasteiger partial charge on any atom is 0.331 e. The highest BCUT2D eigenvalue weighted by atomic mass is 16.5. The molecule has 8 nitrogen and oxygen atoms in total. The molecule has 0 saturated heterocycles. The Balaban J connectivity index is 1.68. The molecular weight excluding hydrogens is 374 g/mol. The van der Waals surface area contributed by atoms with Crippen molar-refractivity contribution in [3.63, 3.8) is 0 Å². The number of nitrogens with zero attached hydrogens (tertiary/aromatic N) is 2. The number of hydrogen-bond donors (Lipinski definition) is 3. The zero-order valence-electron chi connectivity index (χ0n) is 15.4. The molecule has 0 unspecified atom stereocenters. The number of phenolic OH excluding ortho intramolecular Hbond substituents is 1. The summed E-state index contributed by atoms with van der Waals surface area (Å²) >= 11 is 0. The fraction of sp³-hybridized carbons (Fsp3) is 0.0952. The molecule has 29 heavy (non-hydrogen) atoms. The largest absolute Gasteiger partial charge is 0.507 e. The number of phenols is 1. The van der Waals surface area contributed by atoms with Gasteiger partial charge in [-0.2, -0.15) is 5.26 Å². The second-order valence-corrected chi connectivity index (χ2v) is 5.91. The molecule has 0 fully saturated rings. The van der Waals surface area contributed by atoms with Crippen molar-refractivity contribution in [1.29, 1.82) is 5.26 Å². The summed E-state index contributed by atoms with van der Waals surface area (Å²) in [6.45, 7) is -0.484. The van der Waals surface area contributed by atoms with Crippen molar-refractivity contribution < 1.29 is 24.5 Å². The monoisotopic (exact) mass is 391 g/mol. The number of nitrogens with one attached hydrogen (secondary N) is 1. The van der Waals surface area contributed by atoms with E-state index in [-0.39, 0.29) is 22.9 Å². The van der Waals surface area contributed by atoms with Crippen LogP contribution >= 0.6 is 0 Å². The molecule has 2 aromatic carbocycles. The number of esters is 1. The van der Waals surface area contributed by atoms with Gasteiger partial charge in [-0.05, 0) is 35.9 Å². The molecule has 0 radical (unpaired) electrons. The number of aromatic hydroxyl groups is 1. The average Bonchev–Trinajstić information content (AvgIpc) is 3.15. The van der Waals surface area contributed by atoms with Gasteiger partial charge in [-0.3, -0.25) is 0 Å². The molecule has 0 saturated carbocycles. The lowest BCUT2D eigenvalue weighted by atomic mass is 10.2. The third-order valence-electron chi connectivity index (χ3n) is 3.99. The lowest BCUT2D eigenvalue weighted by Gasteiger charge is -2.04. The van der Waals surface area contributed by atoms with Crippen LogP contribution in [-0.2, 0) is 9.53 Å². The first-order valence-electron chi connectivity index (χ1n) is 8.51. The lowest BCUT2D eigenvalue weighted by Crippen LogP contribution is -2.06. The minimum absolute atomic E-state index is 0.0168. The molecule has 0 spiro atoms. The van der Waals surface area contributed by atoms with Crippen LogP contribution in [0.2, 0.25) is 0 Å². The van der Waals surface area contributed by atoms with Gasteiger partial charge >= 0.3 is 5.97 Å². The van der Waals surface area contributed by atoms with Gasteiger partial charge in [0.1, 0.15) is 18.2 Å². The van der Waals surface area contributed by atoms with Crippen LogP contribution in [0.15, 0.2) is 54.3 Å². The van der Waals surface area contributed by atoms with Gasteiger partial charge in [0.15, 0.2) is 23.1 Å². The Morgan fingerprint density at radius 1 is 1.31 bits per heavy atom. The molecule has 8 heteroatoms. The summed E-state index contributed by atoms with van der Waals surface area (Å²) in [5, 5.41) is 29.1. The van der Waals surface area contributed by atoms with Crippen molar-refractivity contribution in [3.8, 4) is 17.6 Å². The Bertz CT molecular complexity index is 1120. The maximum atomic E-state index is 11.9. The average molecular weight is 391 g/mol. The normalized spacial score (nSPS) is 11.9. The van der Waals surface area contributed by atoms with Crippen LogP contribution in [0, 0.1) is 11.3 Å². The quantitative estimate of drug-likeness (QED) is 0.254. The summed E-state index contributed by atoms with van der Waals surface area (Å²) < 4.78 is 9.97. The minimum atomic E-state index is -0.717. The first-order chi connectivity index (χ1) is 14.0. The fourth-order valence-corrected chi connectivity index (χ4v) is 2.55. The number of fused-ring (bicyclic) bond motifs is 1. The van der Waals surface area contributed by atoms with Gasteiger partial charge in [-0.15, -0.1) is 0 Å². The van der Waals surface area contributed by atoms with Crippen LogP contribution < -0.4 is 4.74 Å². The molecule has 3 rings (SSSR count). The molecule has 0 atom stereocenters. The van der Waals surface area contributed by atoms with E-state index < -0.39 is 18.3 Å². The Kier molecular flexibility index (Phi) is 5.80. The molecule has 0 amide bonds. The Morgan fingerprint density at radius 2 is 2.10 bits per heavy atom. The number of benzene rings is 2. The van der Waals surface area contributed by atoms with Gasteiger partial charge in [0.25, 0.3) is 0 Å². The first-order valence-corrected chi connectivity index (χ1v) is 8.51. The zero-order chi connectivity index (χ0) is 20.8. The van der Waals surface area contributed by atoms with E-state index in [0.717, 1.165) is 6.08 Å². The number of aromatic nitrogens is 2. The maximum absolute atomic E-state index is 11.9. The Morgan fingerprint density at radius 3 is 2.83 bits per heavy atom. The van der Waals surface area contributed by atoms with E-state index >= 15 is 0 Å². The van der Waals surface area contributed by atoms with Crippen LogP contribution in [0.1, 0.15) is 11.4 Å². The molecule has 146 valence electrons. The zero-order valence-corrected chi connectivity index (χ0v) is 15.4. The lowest BCUT2D eigenvalue weighted by molar-refractivity contribution is -0.137. The highest BCUT2D eigenvalue weighted by molar-refractivity contribution is 5.87. The molecule has 3 aromatic rings. The second-order valence-electron chi connectivity index (χ2n) is 5.91. The number of H-pyrrole nitrogens is 1. The molecule has 0 aliphatic rings. The van der Waals surface area contributed by atoms with Crippen LogP contribution in [0.5, 0.6) is 11.5 Å². The molecule has 0 aliphatic carbocycles. The first kappa shape index (κ1) is 19.5. The van der Waals surface area contributed by atoms with E-state index in [2.05, 4.69) is 9.97 Å². The van der Waals surface area contributed by atoms with Crippen LogP contribution in [0.25, 0.3) is 22.7 Å². The number of carbonyl (C=O) groups is 1. The molecule has 1 heterocycles. The number of aliphatic hydroxyl groups excluding tert-OH is 1. The van der Waals surface area contributed by atoms with Crippen molar-refractivity contribution >= 4 is 28.7 Å². The molecule has 3 N–H and O–H groups in total. The summed E-state index contributed by atoms with van der Waals surface area (Å²) in [6.07, 6.45) is 2.63. The number of allylic oxidation sites excluding steroid dienone is 1. The van der Waals surface area contributed by atoms with Gasteiger partial charge in [-0.25, -0.2) is 9.78 Å². The smallest absolute Gasteiger partial charge is 0.331 e. The molecule has 0 aliphatic heterocycles. The Labute approximate surface area is 166 Å². The minimum Gasteiger partial charge on any atom is -0.507 e. The molecule has 0 bridgehead atoms. The SMILES string of the molecule is COc1cc(/C=C/C(=O)OC/C(O)=C(\C#N)c2nc3ccccc3[nH]2)ccc1O. The van der Waals surface area contributed by atoms with Gasteiger partial charge in [0.05, 0.1) is 18.1 Å². The van der Waals surface area contributed by atoms with Crippen LogP contribution in [0.3, 0.4) is 0 Å². The van der Waals surface area contributed by atoms with Gasteiger partial charge < -0.3 is 24.7 Å². The predicted octanol–water partition coefficient (Wildman–Crippen LogP) is 3.33. The van der Waals surface area contributed by atoms with Crippen molar-refractivity contribution in [2.45, 2.75) is 0 Å². The predicted molar refractivity (Wildman–Crippen MR) is 106 cm³/mol. The van der Waals surface area contributed by atoms with Crippen LogP contribution in [-0.4, -0.2) is 39.9 Å². The van der Waals surface area contributed by atoms with Crippen molar-refractivity contribution in [3.05, 3.63) is 65.7 Å². The number of nitriles is 1. The number of ether oxygens (including phenoxy) is 2. The Hall–Kier alpha value is -4.25. The summed E-state index contributed by atoms with van der Waals surface area (Å²) in [6, 6.07) is 13.6. The van der Waals surface area contributed by atoms with Crippen LogP contribution in [0.4, 0.5) is 0 Å². The third-order valence-corrected chi connectivity index (χ3v) is 3.99. The van der Waals surface area contributed by atoms with E-state index in [9.17, 15) is 20.3 Å². The number of hydrogen-bond acceptors (Lipinski definition) is 7. The van der Waals surface area contributed by atoms with E-state index in [1.807, 2.05) is 12.1 Å². The number of aromatic amines is 1. The standard InChI is InChI=1S/C21H17N3O5/c1-28-19-10-13(6-8-17(19)25)7-9-20(27)29-12-18(26)14(11-22)21-23-15-4-2-3-5-16(15)24-21/h2-10,25-26H,12H2,1H3,(H,23,24)/b9-7+,18-14-. The van der Waals surface area contributed by atoms with Crippen molar-refractivity contribution in [2.75, 3.05) is 13.7 Å². The highest BCUT2D eigenvalue weighted by Gasteiger charge is 2.14. The van der Waals surface area contributed by atoms with E-state index in [0.29, 0.717) is 16.6 Å². The topological polar surface area (TPSA) is 128 Å². The van der Waals surface area contributed by atoms with Crippen molar-refractivity contribution in [1.82, 2.24) is 9.97 Å². The van der Waals surface area contributed by atoms with Crippen molar-refractivity contribution in [2.24, 2.45) is 0 Å². The summed E-state index contributed by atoms with van der Waals surface area (Å²) in [5.41, 5.74) is 1.86. The highest BCUT2D eigenvalue weighted by Crippen LogP contribution is 2.26. The number of carbonyl (C=O) groups excluding carboxylic acids is 1. The van der Waals surface area contributed by atoms with Gasteiger partial charge in [0, 0.05) is 6.08 Å². The summed E-state index contributed by atoms with van der Waals surface area (Å²) in [5.74, 6) is -0.693. The second kappa shape index (κ2) is 8.63. The molecule has 1 aromatic heterocycles. The van der Waals surface area contributed by atoms with E-state index in [1.54, 1.807) is 30.3 Å². The molecular formula is C21H17N3O5. The number of para-hydroxylation sites is 2. The van der Waals surface area contributed by atoms with Gasteiger partial charge in [-0.1, -0.05) is 18.2 Å². The number of aliphatic hydroxyl groups is 1. The number of imidazole rings is 1. The van der Waals surface area contributed by atoms with E-state index in [1.165, 1.54) is 19.3 Å². The van der Waals surface area contributed by atoms with E-state index in [4.69, 9.17) is 9.47 Å². The van der Waals surface area contributed by atoms with Gasteiger partial charge in [0.2, 0.25) is 0 Å². The summed E-state index contributed by atoms with van der Waals surface area (Å²) in [4.78, 5) is 19.1. The fourth-order valence-electron chi connectivity index (χ4n) is 2.55. The number of methoxy groups -OCH3 is 1. The number of rotatable bonds is 6.